The molecular formula is C22H23ClFN5O2. The van der Waals surface area contributed by atoms with Crippen LogP contribution in [0, 0.1) is 5.82 Å². The number of anilines is 1. The number of fused-ring (bicyclic) bond motifs is 3. The van der Waals surface area contributed by atoms with Crippen molar-refractivity contribution in [1.82, 2.24) is 19.7 Å². The smallest absolute Gasteiger partial charge is 0.410 e. The van der Waals surface area contributed by atoms with Gasteiger partial charge >= 0.3 is 6.09 Å². The molecule has 31 heavy (non-hydrogen) atoms. The number of benzene rings is 1. The monoisotopic (exact) mass is 443 g/mol. The molecule has 2 aliphatic heterocycles. The number of ether oxygens (including phenoxy) is 1. The van der Waals surface area contributed by atoms with Gasteiger partial charge in [-0.3, -0.25) is 0 Å². The first kappa shape index (κ1) is 20.1. The van der Waals surface area contributed by atoms with Crippen LogP contribution in [0.25, 0.3) is 16.6 Å². The van der Waals surface area contributed by atoms with Gasteiger partial charge in [0.2, 0.25) is 0 Å². The lowest BCUT2D eigenvalue weighted by Crippen LogP contribution is -2.50. The van der Waals surface area contributed by atoms with E-state index in [4.69, 9.17) is 21.4 Å². The van der Waals surface area contributed by atoms with Crippen molar-refractivity contribution in [2.75, 3.05) is 18.0 Å². The molecule has 162 valence electrons. The van der Waals surface area contributed by atoms with Crippen LogP contribution >= 0.6 is 11.6 Å². The first-order valence-corrected chi connectivity index (χ1v) is 10.6. The van der Waals surface area contributed by atoms with Gasteiger partial charge in [0.15, 0.2) is 5.82 Å². The Hall–Kier alpha value is -2.87. The third kappa shape index (κ3) is 3.59. The summed E-state index contributed by atoms with van der Waals surface area (Å²) >= 11 is 6.07. The highest BCUT2D eigenvalue weighted by Crippen LogP contribution is 2.38. The largest absolute Gasteiger partial charge is 0.444 e. The Morgan fingerprint density at radius 1 is 1.19 bits per heavy atom. The fourth-order valence-corrected chi connectivity index (χ4v) is 4.64. The highest BCUT2D eigenvalue weighted by Gasteiger charge is 2.47. The molecule has 3 aromatic rings. The van der Waals surface area contributed by atoms with Gasteiger partial charge in [-0.1, -0.05) is 11.6 Å². The second-order valence-electron chi connectivity index (χ2n) is 9.06. The van der Waals surface area contributed by atoms with E-state index in [9.17, 15) is 9.18 Å². The Bertz CT molecular complexity index is 1170. The van der Waals surface area contributed by atoms with E-state index < -0.39 is 5.60 Å². The van der Waals surface area contributed by atoms with E-state index >= 15 is 0 Å². The first-order chi connectivity index (χ1) is 14.7. The van der Waals surface area contributed by atoms with Gasteiger partial charge in [-0.25, -0.2) is 18.9 Å². The lowest BCUT2D eigenvalue weighted by Gasteiger charge is -2.35. The number of amides is 1. The molecule has 2 saturated heterocycles. The Morgan fingerprint density at radius 3 is 2.68 bits per heavy atom. The molecule has 9 heteroatoms. The van der Waals surface area contributed by atoms with E-state index in [2.05, 4.69) is 9.88 Å². The number of carbonyl (C=O) groups excluding carboxylic acids is 1. The molecule has 2 unspecified atom stereocenters. The summed E-state index contributed by atoms with van der Waals surface area (Å²) < 4.78 is 21.3. The zero-order chi connectivity index (χ0) is 21.9. The van der Waals surface area contributed by atoms with Crippen LogP contribution in [0.15, 0.2) is 36.5 Å². The third-order valence-electron chi connectivity index (χ3n) is 5.72. The zero-order valence-electron chi connectivity index (χ0n) is 17.5. The van der Waals surface area contributed by atoms with Crippen molar-refractivity contribution in [3.63, 3.8) is 0 Å². The van der Waals surface area contributed by atoms with Crippen molar-refractivity contribution < 1.29 is 13.9 Å². The number of halogens is 2. The molecule has 2 fully saturated rings. The normalized spacial score (nSPS) is 20.7. The Morgan fingerprint density at radius 2 is 2.00 bits per heavy atom. The lowest BCUT2D eigenvalue weighted by atomic mass is 10.2. The van der Waals surface area contributed by atoms with Crippen LogP contribution in [-0.2, 0) is 4.74 Å². The zero-order valence-corrected chi connectivity index (χ0v) is 18.3. The Balaban J connectivity index is 1.48. The van der Waals surface area contributed by atoms with Crippen molar-refractivity contribution in [2.45, 2.75) is 44.9 Å². The molecule has 1 amide bonds. The van der Waals surface area contributed by atoms with Crippen LogP contribution in [-0.4, -0.2) is 56.5 Å². The van der Waals surface area contributed by atoms with Gasteiger partial charge in [0.1, 0.15) is 16.6 Å². The minimum absolute atomic E-state index is 0.0656. The number of carbonyl (C=O) groups is 1. The van der Waals surface area contributed by atoms with Crippen LogP contribution in [0.5, 0.6) is 0 Å². The predicted octanol–water partition coefficient (Wildman–Crippen LogP) is 4.41. The van der Waals surface area contributed by atoms with E-state index in [0.717, 1.165) is 17.6 Å². The number of nitrogens with zero attached hydrogens (tertiary/aromatic N) is 5. The highest BCUT2D eigenvalue weighted by molar-refractivity contribution is 6.29. The summed E-state index contributed by atoms with van der Waals surface area (Å²) in [5.74, 6) is 0.443. The maximum atomic E-state index is 14.1. The van der Waals surface area contributed by atoms with Crippen LogP contribution in [0.1, 0.15) is 27.2 Å². The minimum Gasteiger partial charge on any atom is -0.444 e. The maximum absolute atomic E-state index is 14.1. The van der Waals surface area contributed by atoms with Crippen LogP contribution in [0.4, 0.5) is 15.0 Å². The second-order valence-corrected chi connectivity index (χ2v) is 9.45. The molecule has 2 aliphatic rings. The molecule has 0 saturated carbocycles. The molecule has 0 radical (unpaired) electrons. The molecule has 0 N–H and O–H groups in total. The molecule has 4 heterocycles. The Kier molecular flexibility index (Phi) is 4.58. The molecule has 2 bridgehead atoms. The van der Waals surface area contributed by atoms with Crippen LogP contribution in [0.2, 0.25) is 5.15 Å². The molecule has 0 spiro atoms. The molecule has 0 aliphatic carbocycles. The van der Waals surface area contributed by atoms with Gasteiger partial charge in [-0.15, -0.1) is 5.10 Å². The fourth-order valence-electron chi connectivity index (χ4n) is 4.48. The average Bonchev–Trinajstić information content (AvgIpc) is 3.38. The average molecular weight is 444 g/mol. The predicted molar refractivity (Wildman–Crippen MR) is 116 cm³/mol. The van der Waals surface area contributed by atoms with Crippen molar-refractivity contribution in [2.24, 2.45) is 0 Å². The van der Waals surface area contributed by atoms with E-state index in [1.807, 2.05) is 25.7 Å². The summed E-state index contributed by atoms with van der Waals surface area (Å²) in [7, 11) is 0. The van der Waals surface area contributed by atoms with Gasteiger partial charge in [0.25, 0.3) is 0 Å². The topological polar surface area (TPSA) is 63.5 Å². The summed E-state index contributed by atoms with van der Waals surface area (Å²) in [4.78, 5) is 20.6. The standard InChI is InChI=1S/C22H23ClFN5O2/c1-22(2,3)31-21(30)28-12-15-9-16(28)11-27(15)20-17-5-4-13(24)8-18(17)29(26-20)14-6-7-25-19(23)10-14/h4-8,10,15-16H,9,11-12H2,1-3H3. The van der Waals surface area contributed by atoms with Gasteiger partial charge in [0, 0.05) is 36.8 Å². The lowest BCUT2D eigenvalue weighted by molar-refractivity contribution is 0.0214. The quantitative estimate of drug-likeness (QED) is 0.549. The van der Waals surface area contributed by atoms with Crippen LogP contribution < -0.4 is 4.90 Å². The van der Waals surface area contributed by atoms with E-state index in [0.29, 0.717) is 29.4 Å². The highest BCUT2D eigenvalue weighted by atomic mass is 35.5. The number of pyridine rings is 1. The number of aromatic nitrogens is 3. The van der Waals surface area contributed by atoms with Crippen LogP contribution in [0.3, 0.4) is 0 Å². The summed E-state index contributed by atoms with van der Waals surface area (Å²) in [6.45, 7) is 6.85. The summed E-state index contributed by atoms with van der Waals surface area (Å²) in [5.41, 5.74) is 0.842. The maximum Gasteiger partial charge on any atom is 0.410 e. The summed E-state index contributed by atoms with van der Waals surface area (Å²) in [5, 5.41) is 6.02. The third-order valence-corrected chi connectivity index (χ3v) is 5.93. The molecule has 7 nitrogen and oxygen atoms in total. The van der Waals surface area contributed by atoms with E-state index in [1.165, 1.54) is 12.1 Å². The number of rotatable bonds is 2. The minimum atomic E-state index is -0.524. The second kappa shape index (κ2) is 7.09. The fraction of sp³-hybridized carbons (Fsp3) is 0.409. The van der Waals surface area contributed by atoms with Gasteiger partial charge in [-0.2, -0.15) is 0 Å². The van der Waals surface area contributed by atoms with Crippen molar-refractivity contribution >= 4 is 34.4 Å². The number of likely N-dealkylation sites (tertiary alicyclic amines) is 1. The Labute approximate surface area is 184 Å². The van der Waals surface area contributed by atoms with Gasteiger partial charge < -0.3 is 14.5 Å². The molecule has 2 aromatic heterocycles. The number of hydrogen-bond donors (Lipinski definition) is 0. The SMILES string of the molecule is CC(C)(C)OC(=O)N1CC2CC1CN2c1nn(-c2ccnc(Cl)c2)c2cc(F)ccc12. The van der Waals surface area contributed by atoms with Crippen molar-refractivity contribution in [3.05, 3.63) is 47.5 Å². The first-order valence-electron chi connectivity index (χ1n) is 10.3. The molecule has 2 atom stereocenters. The molecule has 1 aromatic carbocycles. The van der Waals surface area contributed by atoms with Crippen molar-refractivity contribution in [3.8, 4) is 5.69 Å². The number of piperazine rings is 1. The van der Waals surface area contributed by atoms with Gasteiger partial charge in [0.05, 0.1) is 23.3 Å². The summed E-state index contributed by atoms with van der Waals surface area (Å²) in [6, 6.07) is 8.35. The van der Waals surface area contributed by atoms with E-state index in [-0.39, 0.29) is 24.0 Å². The molecule has 5 rings (SSSR count). The summed E-state index contributed by atoms with van der Waals surface area (Å²) in [6.07, 6.45) is 2.18. The van der Waals surface area contributed by atoms with Gasteiger partial charge in [-0.05, 0) is 45.4 Å². The van der Waals surface area contributed by atoms with Crippen molar-refractivity contribution in [1.29, 1.82) is 0 Å². The number of hydrogen-bond acceptors (Lipinski definition) is 5. The van der Waals surface area contributed by atoms with E-state index in [1.54, 1.807) is 29.1 Å². The molecular weight excluding hydrogens is 421 g/mol.